The van der Waals surface area contributed by atoms with Gasteiger partial charge in [0.25, 0.3) is 0 Å². The van der Waals surface area contributed by atoms with Crippen molar-refractivity contribution in [1.29, 1.82) is 0 Å². The summed E-state index contributed by atoms with van der Waals surface area (Å²) in [6.45, 7) is 0. The molecule has 0 saturated carbocycles. The first kappa shape index (κ1) is 17.0. The predicted octanol–water partition coefficient (Wildman–Crippen LogP) is 7.66. The van der Waals surface area contributed by atoms with Gasteiger partial charge in [-0.25, -0.2) is 0 Å². The fourth-order valence-corrected chi connectivity index (χ4v) is 4.56. The lowest BCUT2D eigenvalue weighted by molar-refractivity contribution is 1.38. The molecule has 0 fully saturated rings. The average molecular weight is 371 g/mol. The van der Waals surface area contributed by atoms with Crippen LogP contribution in [0.5, 0.6) is 0 Å². The van der Waals surface area contributed by atoms with E-state index in [-0.39, 0.29) is 0 Å². The zero-order valence-corrected chi connectivity index (χ0v) is 15.8. The van der Waals surface area contributed by atoms with Gasteiger partial charge in [0.05, 0.1) is 0 Å². The minimum absolute atomic E-state index is 1.25. The third-order valence-corrected chi connectivity index (χ3v) is 6.10. The predicted molar refractivity (Wildman–Crippen MR) is 113 cm³/mol. The maximum atomic E-state index is 2.22. The highest BCUT2D eigenvalue weighted by atomic mass is 32.2. The molecule has 4 aromatic carbocycles. The summed E-state index contributed by atoms with van der Waals surface area (Å²) in [7, 11) is 0. The molecule has 0 unspecified atom stereocenters. The fourth-order valence-electron chi connectivity index (χ4n) is 2.74. The highest BCUT2D eigenvalue weighted by Crippen LogP contribution is 2.37. The largest absolute Gasteiger partial charge is 0.0901 e. The van der Waals surface area contributed by atoms with Gasteiger partial charge in [-0.1, -0.05) is 90.3 Å². The van der Waals surface area contributed by atoms with E-state index in [1.807, 2.05) is 11.8 Å². The second kappa shape index (κ2) is 8.31. The lowest BCUT2D eigenvalue weighted by Gasteiger charge is -2.10. The number of hydrogen-bond donors (Lipinski definition) is 0. The van der Waals surface area contributed by atoms with Crippen LogP contribution in [0.25, 0.3) is 11.1 Å². The molecule has 26 heavy (non-hydrogen) atoms. The molecule has 0 bridgehead atoms. The molecule has 0 aliphatic heterocycles. The van der Waals surface area contributed by atoms with Gasteiger partial charge in [0, 0.05) is 19.6 Å². The number of hydrogen-bond acceptors (Lipinski definition) is 2. The molecule has 0 N–H and O–H groups in total. The van der Waals surface area contributed by atoms with E-state index in [0.717, 1.165) is 0 Å². The highest BCUT2D eigenvalue weighted by Gasteiger charge is 2.07. The summed E-state index contributed by atoms with van der Waals surface area (Å²) in [6, 6.07) is 38.5. The van der Waals surface area contributed by atoms with Gasteiger partial charge in [-0.2, -0.15) is 0 Å². The van der Waals surface area contributed by atoms with Crippen LogP contribution in [-0.2, 0) is 0 Å². The van der Waals surface area contributed by atoms with Crippen LogP contribution in [0, 0.1) is 0 Å². The molecule has 4 aromatic rings. The molecule has 0 heterocycles. The van der Waals surface area contributed by atoms with Crippen LogP contribution in [0.3, 0.4) is 0 Å². The normalized spacial score (nSPS) is 10.6. The molecule has 0 amide bonds. The van der Waals surface area contributed by atoms with Crippen LogP contribution < -0.4 is 0 Å². The van der Waals surface area contributed by atoms with Crippen molar-refractivity contribution >= 4 is 23.5 Å². The van der Waals surface area contributed by atoms with E-state index in [2.05, 4.69) is 109 Å². The van der Waals surface area contributed by atoms with E-state index >= 15 is 0 Å². The van der Waals surface area contributed by atoms with Crippen LogP contribution in [0.2, 0.25) is 0 Å². The zero-order valence-electron chi connectivity index (χ0n) is 14.2. The van der Waals surface area contributed by atoms with Crippen molar-refractivity contribution in [3.8, 4) is 11.1 Å². The Morgan fingerprint density at radius 3 is 1.54 bits per heavy atom. The second-order valence-electron chi connectivity index (χ2n) is 5.85. The van der Waals surface area contributed by atoms with E-state index in [9.17, 15) is 0 Å². The Labute approximate surface area is 163 Å². The molecular formula is C24H18S2. The van der Waals surface area contributed by atoms with E-state index in [1.54, 1.807) is 11.8 Å². The van der Waals surface area contributed by atoms with Crippen molar-refractivity contribution in [2.75, 3.05) is 0 Å². The van der Waals surface area contributed by atoms with Gasteiger partial charge in [-0.05, 0) is 53.6 Å². The van der Waals surface area contributed by atoms with E-state index in [1.165, 1.54) is 30.7 Å². The fraction of sp³-hybridized carbons (Fsp3) is 0. The standard InChI is InChI=1S/C24H18S2/c1-3-9-20(10-4-1)25-22-17-15-19(16-18-22)23-13-7-8-14-24(23)26-21-11-5-2-6-12-21/h1-18H. The first-order valence-corrected chi connectivity index (χ1v) is 10.2. The number of benzene rings is 4. The average Bonchev–Trinajstić information content (AvgIpc) is 2.71. The van der Waals surface area contributed by atoms with Gasteiger partial charge in [0.1, 0.15) is 0 Å². The van der Waals surface area contributed by atoms with Crippen molar-refractivity contribution in [2.24, 2.45) is 0 Å². The molecule has 0 atom stereocenters. The summed E-state index contributed by atoms with van der Waals surface area (Å²) in [5.74, 6) is 0. The van der Waals surface area contributed by atoms with Crippen molar-refractivity contribution in [2.45, 2.75) is 19.6 Å². The zero-order chi connectivity index (χ0) is 17.6. The van der Waals surface area contributed by atoms with Gasteiger partial charge < -0.3 is 0 Å². The first-order chi connectivity index (χ1) is 12.9. The SMILES string of the molecule is c1ccc(Sc2ccc(-c3ccccc3Sc3ccccc3)cc2)cc1. The third kappa shape index (κ3) is 4.21. The lowest BCUT2D eigenvalue weighted by atomic mass is 10.1. The van der Waals surface area contributed by atoms with Crippen LogP contribution in [0.4, 0.5) is 0 Å². The van der Waals surface area contributed by atoms with E-state index in [0.29, 0.717) is 0 Å². The summed E-state index contributed by atoms with van der Waals surface area (Å²) in [5.41, 5.74) is 2.53. The minimum Gasteiger partial charge on any atom is -0.0901 e. The smallest absolute Gasteiger partial charge is 0.0200 e. The highest BCUT2D eigenvalue weighted by molar-refractivity contribution is 7.99. The Bertz CT molecular complexity index is 962. The summed E-state index contributed by atoms with van der Waals surface area (Å²) in [6.07, 6.45) is 0. The maximum Gasteiger partial charge on any atom is 0.0200 e. The Morgan fingerprint density at radius 1 is 0.385 bits per heavy atom. The molecule has 0 aliphatic rings. The lowest BCUT2D eigenvalue weighted by Crippen LogP contribution is -1.83. The molecule has 0 aliphatic carbocycles. The molecular weight excluding hydrogens is 352 g/mol. The molecule has 2 heteroatoms. The van der Waals surface area contributed by atoms with Crippen LogP contribution in [0.15, 0.2) is 129 Å². The number of rotatable bonds is 5. The summed E-state index contributed by atoms with van der Waals surface area (Å²) >= 11 is 3.60. The Kier molecular flexibility index (Phi) is 5.44. The molecule has 126 valence electrons. The van der Waals surface area contributed by atoms with Gasteiger partial charge in [0.2, 0.25) is 0 Å². The van der Waals surface area contributed by atoms with Crippen LogP contribution in [-0.4, -0.2) is 0 Å². The Morgan fingerprint density at radius 2 is 0.885 bits per heavy atom. The maximum absolute atomic E-state index is 2.22. The first-order valence-electron chi connectivity index (χ1n) is 8.54. The molecule has 0 spiro atoms. The minimum atomic E-state index is 1.25. The molecule has 4 rings (SSSR count). The van der Waals surface area contributed by atoms with Crippen molar-refractivity contribution < 1.29 is 0 Å². The molecule has 0 nitrogen and oxygen atoms in total. The molecule has 0 aromatic heterocycles. The van der Waals surface area contributed by atoms with Gasteiger partial charge in [0.15, 0.2) is 0 Å². The van der Waals surface area contributed by atoms with Crippen molar-refractivity contribution in [3.05, 3.63) is 109 Å². The molecule has 0 radical (unpaired) electrons. The van der Waals surface area contributed by atoms with Crippen molar-refractivity contribution in [3.63, 3.8) is 0 Å². The molecule has 0 saturated heterocycles. The Balaban J connectivity index is 1.58. The Hall–Kier alpha value is -2.42. The van der Waals surface area contributed by atoms with Gasteiger partial charge in [-0.15, -0.1) is 0 Å². The van der Waals surface area contributed by atoms with Gasteiger partial charge in [-0.3, -0.25) is 0 Å². The second-order valence-corrected chi connectivity index (χ2v) is 8.11. The quantitative estimate of drug-likeness (QED) is 0.354. The summed E-state index contributed by atoms with van der Waals surface area (Å²) < 4.78 is 0. The van der Waals surface area contributed by atoms with Gasteiger partial charge >= 0.3 is 0 Å². The summed E-state index contributed by atoms with van der Waals surface area (Å²) in [4.78, 5) is 5.06. The van der Waals surface area contributed by atoms with Crippen molar-refractivity contribution in [1.82, 2.24) is 0 Å². The topological polar surface area (TPSA) is 0 Å². The van der Waals surface area contributed by atoms with E-state index < -0.39 is 0 Å². The van der Waals surface area contributed by atoms with Crippen LogP contribution in [0.1, 0.15) is 0 Å². The van der Waals surface area contributed by atoms with Crippen LogP contribution >= 0.6 is 23.5 Å². The third-order valence-electron chi connectivity index (χ3n) is 4.00. The van der Waals surface area contributed by atoms with E-state index in [4.69, 9.17) is 0 Å². The summed E-state index contributed by atoms with van der Waals surface area (Å²) in [5, 5.41) is 0. The monoisotopic (exact) mass is 370 g/mol.